The number of hydrogen-bond acceptors (Lipinski definition) is 4. The third kappa shape index (κ3) is 7.49. The molecule has 0 radical (unpaired) electrons. The molecule has 10 heteroatoms. The number of hydrogen-bond donors (Lipinski definition) is 1. The molecule has 1 N–H and O–H groups in total. The minimum atomic E-state index is -3.83. The number of aryl methyl sites for hydroxylation is 1. The summed E-state index contributed by atoms with van der Waals surface area (Å²) in [5, 5.41) is 3.41. The van der Waals surface area contributed by atoms with Crippen molar-refractivity contribution >= 4 is 50.7 Å². The molecule has 2 amide bonds. The van der Waals surface area contributed by atoms with E-state index in [1.54, 1.807) is 30.3 Å². The number of sulfonamides is 1. The normalized spacial score (nSPS) is 12.0. The molecular weight excluding hydrogens is 545 g/mol. The number of para-hydroxylation sites is 1. The fourth-order valence-electron chi connectivity index (χ4n) is 4.20. The molecule has 0 aliphatic carbocycles. The van der Waals surface area contributed by atoms with E-state index in [1.165, 1.54) is 11.9 Å². The van der Waals surface area contributed by atoms with E-state index in [9.17, 15) is 18.0 Å². The van der Waals surface area contributed by atoms with E-state index in [1.807, 2.05) is 49.4 Å². The van der Waals surface area contributed by atoms with Crippen molar-refractivity contribution in [3.8, 4) is 0 Å². The minimum absolute atomic E-state index is 0.0210. The molecule has 3 aromatic rings. The van der Waals surface area contributed by atoms with E-state index >= 15 is 0 Å². The van der Waals surface area contributed by atoms with Crippen molar-refractivity contribution in [2.24, 2.45) is 0 Å². The standard InChI is InChI=1S/C28H31Cl2N3O4S/c1-4-21-12-8-9-13-25(21)33(38(3,36)37)19-27(34)32(18-22-14-15-23(29)17-24(22)30)26(28(35)31-2)16-20-10-6-5-7-11-20/h5-15,17,26H,4,16,18-19H2,1-3H3,(H,31,35)/t26-/m1/s1. The van der Waals surface area contributed by atoms with E-state index < -0.39 is 28.5 Å². The van der Waals surface area contributed by atoms with E-state index in [-0.39, 0.29) is 18.9 Å². The van der Waals surface area contributed by atoms with Crippen molar-refractivity contribution in [3.05, 3.63) is 99.5 Å². The highest BCUT2D eigenvalue weighted by atomic mass is 35.5. The summed E-state index contributed by atoms with van der Waals surface area (Å²) in [6.45, 7) is 1.41. The molecule has 3 rings (SSSR count). The molecule has 0 aliphatic rings. The fourth-order valence-corrected chi connectivity index (χ4v) is 5.55. The van der Waals surface area contributed by atoms with Crippen LogP contribution in [0.4, 0.5) is 5.69 Å². The van der Waals surface area contributed by atoms with Crippen LogP contribution in [0.2, 0.25) is 10.0 Å². The first-order valence-electron chi connectivity index (χ1n) is 12.1. The molecule has 0 bridgehead atoms. The summed E-state index contributed by atoms with van der Waals surface area (Å²) in [5.41, 5.74) is 2.63. The van der Waals surface area contributed by atoms with E-state index in [0.717, 1.165) is 21.7 Å². The second kappa shape index (κ2) is 13.1. The van der Waals surface area contributed by atoms with E-state index in [4.69, 9.17) is 23.2 Å². The molecule has 0 aromatic heterocycles. The highest BCUT2D eigenvalue weighted by Crippen LogP contribution is 2.26. The van der Waals surface area contributed by atoms with Crippen molar-refractivity contribution in [3.63, 3.8) is 0 Å². The molecule has 0 saturated carbocycles. The van der Waals surface area contributed by atoms with Crippen LogP contribution in [0, 0.1) is 0 Å². The van der Waals surface area contributed by atoms with Crippen LogP contribution in [0.1, 0.15) is 23.6 Å². The molecule has 202 valence electrons. The van der Waals surface area contributed by atoms with Crippen LogP contribution in [0.15, 0.2) is 72.8 Å². The maximum atomic E-state index is 14.0. The van der Waals surface area contributed by atoms with Gasteiger partial charge in [0.25, 0.3) is 0 Å². The van der Waals surface area contributed by atoms with Crippen LogP contribution >= 0.6 is 23.2 Å². The Kier molecular flexibility index (Phi) is 10.2. The number of carbonyl (C=O) groups is 2. The average molecular weight is 577 g/mol. The van der Waals surface area contributed by atoms with Gasteiger partial charge in [-0.05, 0) is 41.3 Å². The van der Waals surface area contributed by atoms with Crippen LogP contribution in [-0.4, -0.2) is 51.0 Å². The Morgan fingerprint density at radius 3 is 2.21 bits per heavy atom. The van der Waals surface area contributed by atoms with Gasteiger partial charge in [-0.3, -0.25) is 13.9 Å². The molecular formula is C28H31Cl2N3O4S. The minimum Gasteiger partial charge on any atom is -0.357 e. The van der Waals surface area contributed by atoms with Gasteiger partial charge in [-0.2, -0.15) is 0 Å². The lowest BCUT2D eigenvalue weighted by Crippen LogP contribution is -2.53. The monoisotopic (exact) mass is 575 g/mol. The number of nitrogens with one attached hydrogen (secondary N) is 1. The van der Waals surface area contributed by atoms with Gasteiger partial charge in [0.1, 0.15) is 12.6 Å². The van der Waals surface area contributed by atoms with Crippen LogP contribution in [0.25, 0.3) is 0 Å². The third-order valence-corrected chi connectivity index (χ3v) is 7.91. The predicted molar refractivity (Wildman–Crippen MR) is 153 cm³/mol. The second-order valence-corrected chi connectivity index (χ2v) is 11.6. The molecule has 0 heterocycles. The van der Waals surface area contributed by atoms with E-state index in [2.05, 4.69) is 5.32 Å². The van der Waals surface area contributed by atoms with Crippen molar-refractivity contribution < 1.29 is 18.0 Å². The van der Waals surface area contributed by atoms with Gasteiger partial charge in [0.2, 0.25) is 21.8 Å². The number of halogens is 2. The summed E-state index contributed by atoms with van der Waals surface area (Å²) >= 11 is 12.5. The number of likely N-dealkylation sites (N-methyl/N-ethyl adjacent to an activating group) is 1. The molecule has 0 saturated heterocycles. The van der Waals surface area contributed by atoms with Gasteiger partial charge in [0.05, 0.1) is 11.9 Å². The molecule has 1 atom stereocenters. The summed E-state index contributed by atoms with van der Waals surface area (Å²) in [5.74, 6) is -0.927. The van der Waals surface area contributed by atoms with Crippen LogP contribution < -0.4 is 9.62 Å². The fraction of sp³-hybridized carbons (Fsp3) is 0.286. The Labute approximate surface area is 234 Å². The molecule has 7 nitrogen and oxygen atoms in total. The first-order chi connectivity index (χ1) is 18.0. The summed E-state index contributed by atoms with van der Waals surface area (Å²) in [7, 11) is -2.34. The maximum absolute atomic E-state index is 14.0. The number of benzene rings is 3. The number of carbonyl (C=O) groups excluding carboxylic acids is 2. The number of anilines is 1. The Balaban J connectivity index is 2.07. The second-order valence-electron chi connectivity index (χ2n) is 8.83. The van der Waals surface area contributed by atoms with Gasteiger partial charge < -0.3 is 10.2 Å². The first kappa shape index (κ1) is 29.5. The van der Waals surface area contributed by atoms with Gasteiger partial charge in [-0.1, -0.05) is 84.7 Å². The summed E-state index contributed by atoms with van der Waals surface area (Å²) < 4.78 is 26.9. The predicted octanol–water partition coefficient (Wildman–Crippen LogP) is 4.71. The van der Waals surface area contributed by atoms with Crippen molar-refractivity contribution in [1.29, 1.82) is 0 Å². The number of nitrogens with zero attached hydrogens (tertiary/aromatic N) is 2. The molecule has 0 aliphatic heterocycles. The number of rotatable bonds is 11. The first-order valence-corrected chi connectivity index (χ1v) is 14.7. The van der Waals surface area contributed by atoms with Gasteiger partial charge in [-0.25, -0.2) is 8.42 Å². The van der Waals surface area contributed by atoms with Crippen LogP contribution in [0.3, 0.4) is 0 Å². The Morgan fingerprint density at radius 1 is 0.947 bits per heavy atom. The van der Waals surface area contributed by atoms with Gasteiger partial charge in [0.15, 0.2) is 0 Å². The van der Waals surface area contributed by atoms with E-state index in [0.29, 0.717) is 27.7 Å². The highest BCUT2D eigenvalue weighted by molar-refractivity contribution is 7.92. The molecule has 3 aromatic carbocycles. The van der Waals surface area contributed by atoms with Crippen molar-refractivity contribution in [1.82, 2.24) is 10.2 Å². The summed E-state index contributed by atoms with van der Waals surface area (Å²) in [6.07, 6.45) is 1.87. The zero-order valence-corrected chi connectivity index (χ0v) is 23.9. The van der Waals surface area contributed by atoms with Gasteiger partial charge >= 0.3 is 0 Å². The zero-order chi connectivity index (χ0) is 27.9. The van der Waals surface area contributed by atoms with Crippen LogP contribution in [-0.2, 0) is 39.0 Å². The topological polar surface area (TPSA) is 86.8 Å². The Bertz CT molecular complexity index is 1380. The molecule has 0 fully saturated rings. The van der Waals surface area contributed by atoms with Crippen LogP contribution in [0.5, 0.6) is 0 Å². The zero-order valence-electron chi connectivity index (χ0n) is 21.5. The van der Waals surface area contributed by atoms with Crippen molar-refractivity contribution in [2.75, 3.05) is 24.2 Å². The average Bonchev–Trinajstić information content (AvgIpc) is 2.89. The quantitative estimate of drug-likeness (QED) is 0.359. The largest absolute Gasteiger partial charge is 0.357 e. The lowest BCUT2D eigenvalue weighted by Gasteiger charge is -2.33. The Morgan fingerprint density at radius 2 is 1.61 bits per heavy atom. The SMILES string of the molecule is CCc1ccccc1N(CC(=O)N(Cc1ccc(Cl)cc1Cl)[C@H](Cc1ccccc1)C(=O)NC)S(C)(=O)=O. The Hall–Kier alpha value is -3.07. The third-order valence-electron chi connectivity index (χ3n) is 6.19. The summed E-state index contributed by atoms with van der Waals surface area (Å²) in [6, 6.07) is 20.3. The highest BCUT2D eigenvalue weighted by Gasteiger charge is 2.33. The molecule has 38 heavy (non-hydrogen) atoms. The maximum Gasteiger partial charge on any atom is 0.244 e. The summed E-state index contributed by atoms with van der Waals surface area (Å²) in [4.78, 5) is 28.5. The smallest absolute Gasteiger partial charge is 0.244 e. The lowest BCUT2D eigenvalue weighted by atomic mass is 10.0. The molecule has 0 unspecified atom stereocenters. The molecule has 0 spiro atoms. The van der Waals surface area contributed by atoms with Gasteiger partial charge in [0, 0.05) is 30.1 Å². The van der Waals surface area contributed by atoms with Gasteiger partial charge in [-0.15, -0.1) is 0 Å². The lowest BCUT2D eigenvalue weighted by molar-refractivity contribution is -0.139. The van der Waals surface area contributed by atoms with Crippen molar-refractivity contribution in [2.45, 2.75) is 32.4 Å². The number of amides is 2.